The lowest BCUT2D eigenvalue weighted by atomic mass is 10.1. The average molecular weight is 349 g/mol. The van der Waals surface area contributed by atoms with E-state index in [2.05, 4.69) is 5.10 Å². The van der Waals surface area contributed by atoms with Crippen molar-refractivity contribution >= 4 is 29.2 Å². The van der Waals surface area contributed by atoms with Crippen molar-refractivity contribution in [3.05, 3.63) is 64.3 Å². The highest BCUT2D eigenvalue weighted by Crippen LogP contribution is 2.30. The largest absolute Gasteiger partial charge is 0.508 e. The van der Waals surface area contributed by atoms with Crippen LogP contribution in [0, 0.1) is 0 Å². The molecular weight excluding hydrogens is 339 g/mol. The van der Waals surface area contributed by atoms with Gasteiger partial charge in [0.1, 0.15) is 5.75 Å². The van der Waals surface area contributed by atoms with Gasteiger partial charge < -0.3 is 10.2 Å². The van der Waals surface area contributed by atoms with Crippen molar-refractivity contribution in [2.45, 2.75) is 0 Å². The maximum absolute atomic E-state index is 11.3. The molecule has 2 N–H and O–H groups in total. The molecule has 0 spiro atoms. The van der Waals surface area contributed by atoms with Gasteiger partial charge in [0, 0.05) is 10.6 Å². The zero-order valence-corrected chi connectivity index (χ0v) is 13.1. The van der Waals surface area contributed by atoms with Crippen molar-refractivity contribution in [1.29, 1.82) is 0 Å². The van der Waals surface area contributed by atoms with Gasteiger partial charge in [-0.15, -0.1) is 0 Å². The number of rotatable bonds is 3. The number of aromatic carboxylic acids is 1. The van der Waals surface area contributed by atoms with Crippen LogP contribution in [-0.2, 0) is 0 Å². The summed E-state index contributed by atoms with van der Waals surface area (Å²) in [6.07, 6.45) is 0. The van der Waals surface area contributed by atoms with Gasteiger partial charge in [0.05, 0.1) is 16.4 Å². The summed E-state index contributed by atoms with van der Waals surface area (Å²) in [5, 5.41) is 23.5. The molecule has 0 radical (unpaired) electrons. The fraction of sp³-hybridized carbons (Fsp3) is 0. The number of halogens is 2. The highest BCUT2D eigenvalue weighted by Gasteiger charge is 2.17. The fourth-order valence-electron chi connectivity index (χ4n) is 2.16. The molecule has 0 aliphatic rings. The molecule has 0 saturated heterocycles. The maximum Gasteiger partial charge on any atom is 0.356 e. The minimum Gasteiger partial charge on any atom is -0.508 e. The molecule has 0 saturated carbocycles. The molecule has 3 aromatic rings. The number of phenols is 1. The predicted octanol–water partition coefficient (Wildman–Crippen LogP) is 4.25. The van der Waals surface area contributed by atoms with Gasteiger partial charge in [0.25, 0.3) is 0 Å². The Labute approximate surface area is 141 Å². The van der Waals surface area contributed by atoms with Crippen molar-refractivity contribution in [3.8, 4) is 22.7 Å². The second-order valence-corrected chi connectivity index (χ2v) is 5.62. The summed E-state index contributed by atoms with van der Waals surface area (Å²) in [6.45, 7) is 0. The van der Waals surface area contributed by atoms with E-state index in [1.807, 2.05) is 0 Å². The van der Waals surface area contributed by atoms with Crippen LogP contribution >= 0.6 is 23.2 Å². The molecule has 0 bridgehead atoms. The molecule has 3 rings (SSSR count). The Bertz CT molecular complexity index is 889. The number of carboxylic acid groups (broad SMARTS) is 1. The third-order valence-corrected chi connectivity index (χ3v) is 3.77. The molecule has 7 heteroatoms. The molecule has 0 amide bonds. The third kappa shape index (κ3) is 3.02. The second kappa shape index (κ2) is 5.95. The van der Waals surface area contributed by atoms with Gasteiger partial charge in [-0.05, 0) is 48.5 Å². The van der Waals surface area contributed by atoms with Crippen LogP contribution in [0.2, 0.25) is 10.0 Å². The van der Waals surface area contributed by atoms with Gasteiger partial charge in [0.15, 0.2) is 5.69 Å². The number of carboxylic acids is 1. The summed E-state index contributed by atoms with van der Waals surface area (Å²) in [7, 11) is 0. The fourth-order valence-corrected chi connectivity index (χ4v) is 2.65. The number of carbonyl (C=O) groups is 1. The summed E-state index contributed by atoms with van der Waals surface area (Å²) < 4.78 is 1.44. The smallest absolute Gasteiger partial charge is 0.356 e. The number of hydrogen-bond donors (Lipinski definition) is 2. The van der Waals surface area contributed by atoms with Crippen molar-refractivity contribution in [2.24, 2.45) is 0 Å². The minimum atomic E-state index is -1.14. The van der Waals surface area contributed by atoms with Gasteiger partial charge in [-0.1, -0.05) is 23.2 Å². The third-order valence-electron chi connectivity index (χ3n) is 3.23. The number of benzene rings is 2. The first kappa shape index (κ1) is 15.4. The number of hydrogen-bond acceptors (Lipinski definition) is 3. The zero-order chi connectivity index (χ0) is 16.6. The van der Waals surface area contributed by atoms with E-state index in [1.165, 1.54) is 22.9 Å². The second-order valence-electron chi connectivity index (χ2n) is 4.77. The van der Waals surface area contributed by atoms with Crippen LogP contribution < -0.4 is 0 Å². The first-order valence-electron chi connectivity index (χ1n) is 6.54. The maximum atomic E-state index is 11.3. The van der Waals surface area contributed by atoms with Gasteiger partial charge in [-0.2, -0.15) is 5.10 Å². The van der Waals surface area contributed by atoms with Crippen LogP contribution in [0.15, 0.2) is 48.5 Å². The van der Waals surface area contributed by atoms with E-state index in [0.29, 0.717) is 27.0 Å². The number of phenolic OH excluding ortho intramolecular Hbond substituents is 1. The van der Waals surface area contributed by atoms with E-state index in [-0.39, 0.29) is 11.4 Å². The SMILES string of the molecule is O=C(O)c1cc(-c2ccc(O)cc2)n(-c2ccc(Cl)cc2Cl)n1. The Morgan fingerprint density at radius 3 is 2.35 bits per heavy atom. The molecule has 116 valence electrons. The Morgan fingerprint density at radius 2 is 1.74 bits per heavy atom. The van der Waals surface area contributed by atoms with E-state index in [9.17, 15) is 15.0 Å². The average Bonchev–Trinajstić information content (AvgIpc) is 2.93. The highest BCUT2D eigenvalue weighted by molar-refractivity contribution is 6.35. The lowest BCUT2D eigenvalue weighted by Crippen LogP contribution is -2.03. The number of nitrogens with zero attached hydrogens (tertiary/aromatic N) is 2. The number of aromatic nitrogens is 2. The zero-order valence-electron chi connectivity index (χ0n) is 11.6. The number of aromatic hydroxyl groups is 1. The highest BCUT2D eigenvalue weighted by atomic mass is 35.5. The topological polar surface area (TPSA) is 75.3 Å². The molecule has 1 aromatic heterocycles. The quantitative estimate of drug-likeness (QED) is 0.741. The van der Waals surface area contributed by atoms with Crippen LogP contribution in [0.1, 0.15) is 10.5 Å². The van der Waals surface area contributed by atoms with Crippen LogP contribution in [0.4, 0.5) is 0 Å². The van der Waals surface area contributed by atoms with Gasteiger partial charge in [-0.25, -0.2) is 9.48 Å². The first-order valence-corrected chi connectivity index (χ1v) is 7.29. The normalized spacial score (nSPS) is 10.7. The molecule has 0 unspecified atom stereocenters. The van der Waals surface area contributed by atoms with Gasteiger partial charge >= 0.3 is 5.97 Å². The lowest BCUT2D eigenvalue weighted by molar-refractivity contribution is 0.0690. The molecule has 5 nitrogen and oxygen atoms in total. The van der Waals surface area contributed by atoms with Crippen molar-refractivity contribution in [1.82, 2.24) is 9.78 Å². The van der Waals surface area contributed by atoms with Crippen molar-refractivity contribution < 1.29 is 15.0 Å². The standard InChI is InChI=1S/C16H10Cl2N2O3/c17-10-3-6-14(12(18)7-10)20-15(8-13(19-20)16(22)23)9-1-4-11(21)5-2-9/h1-8,21H,(H,22,23). The van der Waals surface area contributed by atoms with E-state index >= 15 is 0 Å². The molecule has 23 heavy (non-hydrogen) atoms. The summed E-state index contributed by atoms with van der Waals surface area (Å²) in [6, 6.07) is 12.7. The summed E-state index contributed by atoms with van der Waals surface area (Å²) >= 11 is 12.1. The Hall–Kier alpha value is -2.50. The molecule has 0 aliphatic carbocycles. The van der Waals surface area contributed by atoms with E-state index in [1.54, 1.807) is 30.3 Å². The van der Waals surface area contributed by atoms with Gasteiger partial charge in [-0.3, -0.25) is 0 Å². The van der Waals surface area contributed by atoms with Crippen molar-refractivity contribution in [3.63, 3.8) is 0 Å². The van der Waals surface area contributed by atoms with E-state index in [4.69, 9.17) is 23.2 Å². The predicted molar refractivity (Wildman–Crippen MR) is 87.6 cm³/mol. The lowest BCUT2D eigenvalue weighted by Gasteiger charge is -2.09. The summed E-state index contributed by atoms with van der Waals surface area (Å²) in [5.41, 5.74) is 1.62. The van der Waals surface area contributed by atoms with Crippen molar-refractivity contribution in [2.75, 3.05) is 0 Å². The monoisotopic (exact) mass is 348 g/mol. The van der Waals surface area contributed by atoms with Gasteiger partial charge in [0.2, 0.25) is 0 Å². The van der Waals surface area contributed by atoms with Crippen LogP contribution in [0.25, 0.3) is 16.9 Å². The molecular formula is C16H10Cl2N2O3. The van der Waals surface area contributed by atoms with Crippen LogP contribution in [0.3, 0.4) is 0 Å². The molecule has 0 fully saturated rings. The molecule has 0 aliphatic heterocycles. The van der Waals surface area contributed by atoms with Crippen LogP contribution in [-0.4, -0.2) is 26.0 Å². The minimum absolute atomic E-state index is 0.112. The van der Waals surface area contributed by atoms with E-state index < -0.39 is 5.97 Å². The Balaban J connectivity index is 2.22. The molecule has 0 atom stereocenters. The summed E-state index contributed by atoms with van der Waals surface area (Å²) in [5.74, 6) is -1.03. The van der Waals surface area contributed by atoms with E-state index in [0.717, 1.165) is 0 Å². The first-order chi connectivity index (χ1) is 11.0. The molecule has 2 aromatic carbocycles. The Kier molecular flexibility index (Phi) is 3.98. The Morgan fingerprint density at radius 1 is 1.04 bits per heavy atom. The molecule has 1 heterocycles. The van der Waals surface area contributed by atoms with Crippen LogP contribution in [0.5, 0.6) is 5.75 Å². The summed E-state index contributed by atoms with van der Waals surface area (Å²) in [4.78, 5) is 11.3.